The Morgan fingerprint density at radius 2 is 1.73 bits per heavy atom. The Kier molecular flexibility index (Phi) is 5.10. The van der Waals surface area contributed by atoms with Crippen molar-refractivity contribution in [2.45, 2.75) is 13.0 Å². The van der Waals surface area contributed by atoms with E-state index in [1.807, 2.05) is 49.4 Å². The Bertz CT molecular complexity index is 1380. The number of aromatic nitrogens is 2. The Hall–Kier alpha value is -4.46. The average molecular weight is 439 g/mol. The normalized spacial score (nSPS) is 14.9. The standard InChI is InChI=1S/C25H21N5O3/c1-15-22(19-8-4-5-9-20(19)27-15)23-17-6-2-3-7-18(17)25(33)30(23)14-21(31)28-29-24(32)16-10-12-26-13-11-16/h2-13,23,27H,14H2,1H3,(H,28,31)(H,29,32)/t23-/m1/s1. The van der Waals surface area contributed by atoms with E-state index in [1.165, 1.54) is 24.5 Å². The Morgan fingerprint density at radius 1 is 1.00 bits per heavy atom. The predicted molar refractivity (Wildman–Crippen MR) is 122 cm³/mol. The van der Waals surface area contributed by atoms with Gasteiger partial charge in [0.1, 0.15) is 6.54 Å². The van der Waals surface area contributed by atoms with E-state index >= 15 is 0 Å². The van der Waals surface area contributed by atoms with Crippen molar-refractivity contribution < 1.29 is 14.4 Å². The van der Waals surface area contributed by atoms with E-state index in [2.05, 4.69) is 20.8 Å². The highest BCUT2D eigenvalue weighted by Gasteiger charge is 2.40. The van der Waals surface area contributed by atoms with Crippen LogP contribution in [-0.2, 0) is 4.79 Å². The van der Waals surface area contributed by atoms with Crippen molar-refractivity contribution >= 4 is 28.6 Å². The number of carbonyl (C=O) groups excluding carboxylic acids is 3. The molecule has 8 nitrogen and oxygen atoms in total. The average Bonchev–Trinajstić information content (AvgIpc) is 3.31. The molecule has 0 saturated heterocycles. The monoisotopic (exact) mass is 439 g/mol. The van der Waals surface area contributed by atoms with E-state index < -0.39 is 17.9 Å². The minimum atomic E-state index is -0.499. The lowest BCUT2D eigenvalue weighted by atomic mass is 9.95. The molecule has 1 atom stereocenters. The summed E-state index contributed by atoms with van der Waals surface area (Å²) in [4.78, 5) is 47.1. The lowest BCUT2D eigenvalue weighted by Crippen LogP contribution is -2.47. The summed E-state index contributed by atoms with van der Waals surface area (Å²) in [6, 6.07) is 17.9. The first-order valence-electron chi connectivity index (χ1n) is 10.5. The number of hydrogen-bond donors (Lipinski definition) is 3. The van der Waals surface area contributed by atoms with E-state index in [0.29, 0.717) is 11.1 Å². The number of aryl methyl sites for hydroxylation is 1. The number of pyridine rings is 1. The number of carbonyl (C=O) groups is 3. The van der Waals surface area contributed by atoms with Crippen LogP contribution in [-0.4, -0.2) is 39.1 Å². The van der Waals surface area contributed by atoms with E-state index in [4.69, 9.17) is 0 Å². The summed E-state index contributed by atoms with van der Waals surface area (Å²) in [5, 5.41) is 1.00. The van der Waals surface area contributed by atoms with Gasteiger partial charge in [-0.3, -0.25) is 30.2 Å². The summed E-state index contributed by atoms with van der Waals surface area (Å²) in [5.41, 5.74) is 9.44. The van der Waals surface area contributed by atoms with Gasteiger partial charge in [0.05, 0.1) is 6.04 Å². The fourth-order valence-electron chi connectivity index (χ4n) is 4.39. The third-order valence-electron chi connectivity index (χ3n) is 5.85. The Balaban J connectivity index is 1.43. The molecule has 0 fully saturated rings. The Labute approximate surface area is 189 Å². The molecule has 0 saturated carbocycles. The highest BCUT2D eigenvalue weighted by atomic mass is 16.2. The van der Waals surface area contributed by atoms with Gasteiger partial charge in [0.25, 0.3) is 17.7 Å². The van der Waals surface area contributed by atoms with E-state index in [1.54, 1.807) is 11.0 Å². The number of nitrogens with zero attached hydrogens (tertiary/aromatic N) is 2. The molecule has 1 aliphatic rings. The molecular formula is C25H21N5O3. The second-order valence-corrected chi connectivity index (χ2v) is 7.87. The van der Waals surface area contributed by atoms with Gasteiger partial charge < -0.3 is 9.88 Å². The van der Waals surface area contributed by atoms with Crippen LogP contribution in [0.25, 0.3) is 10.9 Å². The zero-order valence-corrected chi connectivity index (χ0v) is 17.8. The van der Waals surface area contributed by atoms with Crippen molar-refractivity contribution in [3.63, 3.8) is 0 Å². The Morgan fingerprint density at radius 3 is 2.55 bits per heavy atom. The van der Waals surface area contributed by atoms with Crippen LogP contribution in [0.5, 0.6) is 0 Å². The van der Waals surface area contributed by atoms with Gasteiger partial charge in [-0.1, -0.05) is 36.4 Å². The van der Waals surface area contributed by atoms with Crippen LogP contribution in [0.15, 0.2) is 73.1 Å². The van der Waals surface area contributed by atoms with Crippen molar-refractivity contribution in [2.24, 2.45) is 0 Å². The van der Waals surface area contributed by atoms with Gasteiger partial charge >= 0.3 is 0 Å². The maximum Gasteiger partial charge on any atom is 0.269 e. The lowest BCUT2D eigenvalue weighted by Gasteiger charge is -2.25. The number of rotatable bonds is 4. The van der Waals surface area contributed by atoms with Gasteiger partial charge in [-0.25, -0.2) is 0 Å². The summed E-state index contributed by atoms with van der Waals surface area (Å²) < 4.78 is 0. The molecule has 2 aromatic carbocycles. The number of para-hydroxylation sites is 1. The quantitative estimate of drug-likeness (QED) is 0.425. The smallest absolute Gasteiger partial charge is 0.269 e. The molecule has 4 aromatic rings. The summed E-state index contributed by atoms with van der Waals surface area (Å²) in [6.45, 7) is 1.75. The topological polar surface area (TPSA) is 107 Å². The summed E-state index contributed by atoms with van der Waals surface area (Å²) in [7, 11) is 0. The molecule has 8 heteroatoms. The number of H-pyrrole nitrogens is 1. The van der Waals surface area contributed by atoms with Crippen LogP contribution in [0.1, 0.15) is 43.6 Å². The van der Waals surface area contributed by atoms with Gasteiger partial charge in [-0.05, 0) is 36.8 Å². The second-order valence-electron chi connectivity index (χ2n) is 7.87. The SMILES string of the molecule is Cc1[nH]c2ccccc2c1[C@H]1c2ccccc2C(=O)N1CC(=O)NNC(=O)c1ccncc1. The first-order chi connectivity index (χ1) is 16.0. The molecule has 164 valence electrons. The van der Waals surface area contributed by atoms with Crippen molar-refractivity contribution in [3.05, 3.63) is 101 Å². The fraction of sp³-hybridized carbons (Fsp3) is 0.120. The number of nitrogens with one attached hydrogen (secondary N) is 3. The molecule has 0 bridgehead atoms. The molecular weight excluding hydrogens is 418 g/mol. The number of fused-ring (bicyclic) bond motifs is 2. The molecule has 33 heavy (non-hydrogen) atoms. The molecule has 3 heterocycles. The van der Waals surface area contributed by atoms with Gasteiger partial charge in [0.2, 0.25) is 0 Å². The molecule has 0 unspecified atom stereocenters. The van der Waals surface area contributed by atoms with Crippen molar-refractivity contribution in [2.75, 3.05) is 6.54 Å². The number of hydrazine groups is 1. The molecule has 3 amide bonds. The third kappa shape index (κ3) is 3.61. The van der Waals surface area contributed by atoms with Crippen molar-refractivity contribution in [1.29, 1.82) is 0 Å². The number of benzene rings is 2. The van der Waals surface area contributed by atoms with Crippen LogP contribution >= 0.6 is 0 Å². The van der Waals surface area contributed by atoms with Gasteiger partial charge in [-0.15, -0.1) is 0 Å². The highest BCUT2D eigenvalue weighted by molar-refractivity contribution is 6.03. The molecule has 2 aromatic heterocycles. The van der Waals surface area contributed by atoms with E-state index in [9.17, 15) is 14.4 Å². The van der Waals surface area contributed by atoms with Crippen LogP contribution in [0.3, 0.4) is 0 Å². The number of aromatic amines is 1. The number of hydrogen-bond acceptors (Lipinski definition) is 4. The molecule has 1 aliphatic heterocycles. The summed E-state index contributed by atoms with van der Waals surface area (Å²) in [5.74, 6) is -1.19. The highest BCUT2D eigenvalue weighted by Crippen LogP contribution is 2.42. The maximum atomic E-state index is 13.3. The summed E-state index contributed by atoms with van der Waals surface area (Å²) in [6.07, 6.45) is 2.98. The van der Waals surface area contributed by atoms with Crippen molar-refractivity contribution in [1.82, 2.24) is 25.7 Å². The first-order valence-corrected chi connectivity index (χ1v) is 10.5. The molecule has 0 spiro atoms. The van der Waals surface area contributed by atoms with Gasteiger partial charge in [0.15, 0.2) is 0 Å². The van der Waals surface area contributed by atoms with Crippen LogP contribution in [0, 0.1) is 6.92 Å². The second kappa shape index (κ2) is 8.23. The minimum Gasteiger partial charge on any atom is -0.358 e. The maximum absolute atomic E-state index is 13.3. The zero-order valence-electron chi connectivity index (χ0n) is 17.8. The predicted octanol–water partition coefficient (Wildman–Crippen LogP) is 2.88. The minimum absolute atomic E-state index is 0.215. The molecule has 0 aliphatic carbocycles. The summed E-state index contributed by atoms with van der Waals surface area (Å²) >= 11 is 0. The van der Waals surface area contributed by atoms with Crippen molar-refractivity contribution in [3.8, 4) is 0 Å². The van der Waals surface area contributed by atoms with Gasteiger partial charge in [-0.2, -0.15) is 0 Å². The van der Waals surface area contributed by atoms with Crippen LogP contribution < -0.4 is 10.9 Å². The lowest BCUT2D eigenvalue weighted by molar-refractivity contribution is -0.122. The van der Waals surface area contributed by atoms with E-state index in [-0.39, 0.29) is 12.5 Å². The molecule has 5 rings (SSSR count). The van der Waals surface area contributed by atoms with Gasteiger partial charge in [0, 0.05) is 45.7 Å². The third-order valence-corrected chi connectivity index (χ3v) is 5.85. The number of amides is 3. The largest absolute Gasteiger partial charge is 0.358 e. The first kappa shape index (κ1) is 20.4. The van der Waals surface area contributed by atoms with E-state index in [0.717, 1.165) is 27.7 Å². The molecule has 0 radical (unpaired) electrons. The zero-order chi connectivity index (χ0) is 22.9. The molecule has 3 N–H and O–H groups in total. The fourth-order valence-corrected chi connectivity index (χ4v) is 4.39. The van der Waals surface area contributed by atoms with Crippen LogP contribution in [0.2, 0.25) is 0 Å². The van der Waals surface area contributed by atoms with Crippen LogP contribution in [0.4, 0.5) is 0 Å².